The van der Waals surface area contributed by atoms with Crippen molar-refractivity contribution in [1.29, 1.82) is 0 Å². The number of carbonyl (C=O) groups is 1. The van der Waals surface area contributed by atoms with Crippen molar-refractivity contribution in [3.63, 3.8) is 0 Å². The first-order chi connectivity index (χ1) is 9.55. The fourth-order valence-corrected chi connectivity index (χ4v) is 2.45. The molecule has 0 saturated heterocycles. The van der Waals surface area contributed by atoms with Gasteiger partial charge in [-0.3, -0.25) is 4.79 Å². The number of rotatable bonds is 4. The quantitative estimate of drug-likeness (QED) is 0.820. The molecule has 0 aliphatic rings. The van der Waals surface area contributed by atoms with Gasteiger partial charge in [0.05, 0.1) is 27.2 Å². The second-order valence-electron chi connectivity index (χ2n) is 4.77. The highest BCUT2D eigenvalue weighted by atomic mass is 35.5. The van der Waals surface area contributed by atoms with E-state index in [4.69, 9.17) is 29.6 Å². The van der Waals surface area contributed by atoms with E-state index in [0.29, 0.717) is 0 Å². The van der Waals surface area contributed by atoms with Crippen LogP contribution >= 0.6 is 23.8 Å². The van der Waals surface area contributed by atoms with Gasteiger partial charge < -0.3 is 11.1 Å². The van der Waals surface area contributed by atoms with Gasteiger partial charge in [-0.2, -0.15) is 13.2 Å². The highest BCUT2D eigenvalue weighted by molar-refractivity contribution is 7.80. The van der Waals surface area contributed by atoms with Gasteiger partial charge in [-0.25, -0.2) is 0 Å². The molecule has 0 radical (unpaired) electrons. The Balaban J connectivity index is 3.19. The minimum atomic E-state index is -4.63. The maximum absolute atomic E-state index is 12.9. The average molecular weight is 339 g/mol. The number of carbonyl (C=O) groups excluding carboxylic acids is 1. The lowest BCUT2D eigenvalue weighted by atomic mass is 9.94. The maximum Gasteiger partial charge on any atom is 0.418 e. The average Bonchev–Trinajstić information content (AvgIpc) is 2.29. The topological polar surface area (TPSA) is 55.1 Å². The number of anilines is 1. The summed E-state index contributed by atoms with van der Waals surface area (Å²) in [5, 5.41) is 1.98. The zero-order chi connectivity index (χ0) is 16.4. The largest absolute Gasteiger partial charge is 0.418 e. The first-order valence-corrected chi connectivity index (χ1v) is 6.80. The molecule has 0 saturated carbocycles. The number of benzene rings is 1. The monoisotopic (exact) mass is 338 g/mol. The summed E-state index contributed by atoms with van der Waals surface area (Å²) < 4.78 is 38.8. The SMILES string of the molecule is CC(C)C(C(=O)Nc1c(Cl)cccc1C(F)(F)F)C(N)=S. The Kier molecular flexibility index (Phi) is 5.58. The molecule has 0 heterocycles. The summed E-state index contributed by atoms with van der Waals surface area (Å²) in [5.74, 6) is -1.84. The van der Waals surface area contributed by atoms with Gasteiger partial charge in [0.15, 0.2) is 0 Å². The van der Waals surface area contributed by atoms with Crippen LogP contribution < -0.4 is 11.1 Å². The molecule has 21 heavy (non-hydrogen) atoms. The van der Waals surface area contributed by atoms with Crippen molar-refractivity contribution in [3.8, 4) is 0 Å². The van der Waals surface area contributed by atoms with E-state index in [0.717, 1.165) is 12.1 Å². The van der Waals surface area contributed by atoms with Crippen molar-refractivity contribution < 1.29 is 18.0 Å². The minimum absolute atomic E-state index is 0.0805. The summed E-state index contributed by atoms with van der Waals surface area (Å²) in [6.07, 6.45) is -4.63. The summed E-state index contributed by atoms with van der Waals surface area (Å²) in [6.45, 7) is 3.39. The van der Waals surface area contributed by atoms with E-state index in [2.05, 4.69) is 5.32 Å². The van der Waals surface area contributed by atoms with E-state index in [9.17, 15) is 18.0 Å². The number of hydrogen-bond acceptors (Lipinski definition) is 2. The van der Waals surface area contributed by atoms with Gasteiger partial charge in [-0.1, -0.05) is 43.7 Å². The predicted octanol–water partition coefficient (Wildman–Crippen LogP) is 3.86. The van der Waals surface area contributed by atoms with E-state index in [1.54, 1.807) is 13.8 Å². The van der Waals surface area contributed by atoms with Crippen LogP contribution in [0.2, 0.25) is 5.02 Å². The van der Waals surface area contributed by atoms with Crippen LogP contribution in [-0.4, -0.2) is 10.9 Å². The summed E-state index contributed by atoms with van der Waals surface area (Å²) in [6, 6.07) is 3.26. The number of hydrogen-bond donors (Lipinski definition) is 2. The molecule has 0 spiro atoms. The molecule has 0 fully saturated rings. The highest BCUT2D eigenvalue weighted by Gasteiger charge is 2.36. The lowest BCUT2D eigenvalue weighted by Gasteiger charge is -2.21. The zero-order valence-corrected chi connectivity index (χ0v) is 12.9. The second-order valence-corrected chi connectivity index (χ2v) is 5.65. The molecule has 1 atom stereocenters. The Hall–Kier alpha value is -1.34. The van der Waals surface area contributed by atoms with Crippen LogP contribution in [0.15, 0.2) is 18.2 Å². The molecule has 0 aromatic heterocycles. The number of alkyl halides is 3. The van der Waals surface area contributed by atoms with Crippen molar-refractivity contribution in [2.45, 2.75) is 20.0 Å². The number of amides is 1. The smallest absolute Gasteiger partial charge is 0.393 e. The lowest BCUT2D eigenvalue weighted by Crippen LogP contribution is -2.37. The zero-order valence-electron chi connectivity index (χ0n) is 11.3. The number of nitrogens with two attached hydrogens (primary N) is 1. The van der Waals surface area contributed by atoms with E-state index in [-0.39, 0.29) is 15.9 Å². The summed E-state index contributed by atoms with van der Waals surface area (Å²) in [5.41, 5.74) is 3.96. The highest BCUT2D eigenvalue weighted by Crippen LogP contribution is 2.38. The number of para-hydroxylation sites is 1. The van der Waals surface area contributed by atoms with Crippen LogP contribution in [0, 0.1) is 11.8 Å². The molecule has 116 valence electrons. The first kappa shape index (κ1) is 17.7. The van der Waals surface area contributed by atoms with Crippen molar-refractivity contribution in [2.24, 2.45) is 17.6 Å². The number of thiocarbonyl (C=S) groups is 1. The van der Waals surface area contributed by atoms with Crippen LogP contribution in [0.5, 0.6) is 0 Å². The van der Waals surface area contributed by atoms with Gasteiger partial charge in [0.2, 0.25) is 5.91 Å². The van der Waals surface area contributed by atoms with Gasteiger partial charge >= 0.3 is 6.18 Å². The normalized spacial score (nSPS) is 13.1. The molecule has 0 aliphatic carbocycles. The molecule has 0 bridgehead atoms. The summed E-state index contributed by atoms with van der Waals surface area (Å²) in [7, 11) is 0. The third-order valence-corrected chi connectivity index (χ3v) is 3.39. The van der Waals surface area contributed by atoms with Crippen LogP contribution in [0.25, 0.3) is 0 Å². The fourth-order valence-electron chi connectivity index (χ4n) is 1.85. The van der Waals surface area contributed by atoms with Crippen LogP contribution in [0.1, 0.15) is 19.4 Å². The van der Waals surface area contributed by atoms with E-state index in [1.807, 2.05) is 0 Å². The van der Waals surface area contributed by atoms with Crippen LogP contribution in [0.3, 0.4) is 0 Å². The van der Waals surface area contributed by atoms with E-state index >= 15 is 0 Å². The van der Waals surface area contributed by atoms with Crippen molar-refractivity contribution in [3.05, 3.63) is 28.8 Å². The molecule has 8 heteroatoms. The van der Waals surface area contributed by atoms with Gasteiger partial charge in [-0.15, -0.1) is 0 Å². The maximum atomic E-state index is 12.9. The van der Waals surface area contributed by atoms with Gasteiger partial charge in [-0.05, 0) is 18.1 Å². The van der Waals surface area contributed by atoms with Gasteiger partial charge in [0.25, 0.3) is 0 Å². The molecule has 3 nitrogen and oxygen atoms in total. The Bertz CT molecular complexity index is 561. The van der Waals surface area contributed by atoms with Crippen molar-refractivity contribution in [2.75, 3.05) is 5.32 Å². The second kappa shape index (κ2) is 6.62. The summed E-state index contributed by atoms with van der Waals surface area (Å²) in [4.78, 5) is 12.0. The molecule has 0 aliphatic heterocycles. The number of nitrogens with one attached hydrogen (secondary N) is 1. The summed E-state index contributed by atoms with van der Waals surface area (Å²) >= 11 is 10.6. The number of halogens is 4. The molecular formula is C13H14ClF3N2OS. The third kappa shape index (κ3) is 4.31. The molecule has 1 unspecified atom stereocenters. The molecule has 1 aromatic rings. The molecule has 1 aromatic carbocycles. The Morgan fingerprint density at radius 3 is 2.38 bits per heavy atom. The van der Waals surface area contributed by atoms with Gasteiger partial charge in [0, 0.05) is 0 Å². The third-order valence-electron chi connectivity index (χ3n) is 2.82. The Morgan fingerprint density at radius 1 is 1.38 bits per heavy atom. The van der Waals surface area contributed by atoms with Crippen LogP contribution in [0.4, 0.5) is 18.9 Å². The van der Waals surface area contributed by atoms with E-state index < -0.39 is 29.3 Å². The Labute approximate surface area is 130 Å². The first-order valence-electron chi connectivity index (χ1n) is 6.01. The fraction of sp³-hybridized carbons (Fsp3) is 0.385. The predicted molar refractivity (Wildman–Crippen MR) is 80.2 cm³/mol. The van der Waals surface area contributed by atoms with Crippen molar-refractivity contribution >= 4 is 40.4 Å². The minimum Gasteiger partial charge on any atom is -0.393 e. The van der Waals surface area contributed by atoms with E-state index in [1.165, 1.54) is 6.07 Å². The molecule has 1 rings (SSSR count). The standard InChI is InChI=1S/C13H14ClF3N2OS/c1-6(2)9(11(18)21)12(20)19-10-7(13(15,16)17)4-3-5-8(10)14/h3-6,9H,1-2H3,(H2,18,21)(H,19,20). The van der Waals surface area contributed by atoms with Crippen molar-refractivity contribution in [1.82, 2.24) is 0 Å². The lowest BCUT2D eigenvalue weighted by molar-refractivity contribution is -0.137. The van der Waals surface area contributed by atoms with Crippen LogP contribution in [-0.2, 0) is 11.0 Å². The molecular weight excluding hydrogens is 325 g/mol. The molecule has 3 N–H and O–H groups in total. The van der Waals surface area contributed by atoms with Gasteiger partial charge in [0.1, 0.15) is 0 Å². The Morgan fingerprint density at radius 2 is 1.95 bits per heavy atom. The molecule has 1 amide bonds.